The average Bonchev–Trinajstić information content (AvgIpc) is 3.28. The van der Waals surface area contributed by atoms with Crippen LogP contribution in [0.2, 0.25) is 10.0 Å². The Morgan fingerprint density at radius 1 is 1.04 bits per heavy atom. The van der Waals surface area contributed by atoms with E-state index in [4.69, 9.17) is 38.0 Å². The lowest BCUT2D eigenvalue weighted by Gasteiger charge is -2.17. The van der Waals surface area contributed by atoms with E-state index in [0.717, 1.165) is 25.7 Å². The number of hydrogen-bond donors (Lipinski definition) is 1. The molecule has 0 saturated heterocycles. The minimum Gasteiger partial charge on any atom is -0.360 e. The van der Waals surface area contributed by atoms with Gasteiger partial charge in [0.15, 0.2) is 5.82 Å². The van der Waals surface area contributed by atoms with E-state index in [2.05, 4.69) is 15.3 Å². The highest BCUT2D eigenvalue weighted by Crippen LogP contribution is 2.41. The van der Waals surface area contributed by atoms with E-state index in [0.29, 0.717) is 44.3 Å². The molecule has 6 nitrogen and oxygen atoms in total. The molecule has 1 aromatic carbocycles. The summed E-state index contributed by atoms with van der Waals surface area (Å²) in [4.78, 5) is 4.52. The van der Waals surface area contributed by atoms with E-state index >= 15 is 0 Å². The number of halogens is 3. The van der Waals surface area contributed by atoms with Gasteiger partial charge in [-0.2, -0.15) is 4.98 Å². The van der Waals surface area contributed by atoms with E-state index in [-0.39, 0.29) is 12.4 Å². The molecule has 2 aromatic heterocycles. The average molecular weight is 416 g/mol. The van der Waals surface area contributed by atoms with E-state index in [1.807, 2.05) is 0 Å². The van der Waals surface area contributed by atoms with Crippen LogP contribution in [0.4, 0.5) is 0 Å². The van der Waals surface area contributed by atoms with Crippen LogP contribution in [0.15, 0.2) is 27.2 Å². The number of rotatable bonds is 3. The molecule has 0 amide bonds. The Morgan fingerprint density at radius 2 is 1.69 bits per heavy atom. The molecule has 0 unspecified atom stereocenters. The molecule has 2 N–H and O–H groups in total. The van der Waals surface area contributed by atoms with Crippen LogP contribution in [-0.4, -0.2) is 15.3 Å². The topological polar surface area (TPSA) is 91.0 Å². The summed E-state index contributed by atoms with van der Waals surface area (Å²) in [7, 11) is 0. The fourth-order valence-corrected chi connectivity index (χ4v) is 3.85. The first-order valence-electron chi connectivity index (χ1n) is 8.04. The normalized spacial score (nSPS) is 15.8. The standard InChI is InChI=1S/C17H16Cl2N4O2.ClH/c1-9-12(14(22-24-9)13-10(18)5-4-6-11(13)19)15-21-16(23-25-15)17(20)7-2-3-8-17;/h4-6H,2-3,7-8,20H2,1H3;1H. The summed E-state index contributed by atoms with van der Waals surface area (Å²) in [5.74, 6) is 1.35. The Labute approximate surface area is 166 Å². The lowest BCUT2D eigenvalue weighted by Crippen LogP contribution is -2.34. The number of aromatic nitrogens is 3. The van der Waals surface area contributed by atoms with Crippen LogP contribution < -0.4 is 5.73 Å². The van der Waals surface area contributed by atoms with E-state index in [1.54, 1.807) is 25.1 Å². The highest BCUT2D eigenvalue weighted by Gasteiger charge is 2.37. The third-order valence-corrected chi connectivity index (χ3v) is 5.27. The zero-order valence-electron chi connectivity index (χ0n) is 14.0. The molecule has 1 aliphatic rings. The Morgan fingerprint density at radius 3 is 2.35 bits per heavy atom. The highest BCUT2D eigenvalue weighted by molar-refractivity contribution is 6.39. The number of nitrogens with two attached hydrogens (primary N) is 1. The molecule has 0 aliphatic heterocycles. The van der Waals surface area contributed by atoms with Crippen LogP contribution in [-0.2, 0) is 5.54 Å². The molecule has 2 heterocycles. The van der Waals surface area contributed by atoms with Crippen LogP contribution in [0, 0.1) is 6.92 Å². The van der Waals surface area contributed by atoms with Gasteiger partial charge in [0.25, 0.3) is 5.89 Å². The van der Waals surface area contributed by atoms with Crippen LogP contribution in [0.5, 0.6) is 0 Å². The smallest absolute Gasteiger partial charge is 0.263 e. The summed E-state index contributed by atoms with van der Waals surface area (Å²) in [6, 6.07) is 5.25. The van der Waals surface area contributed by atoms with Crippen molar-refractivity contribution in [3.05, 3.63) is 39.8 Å². The summed E-state index contributed by atoms with van der Waals surface area (Å²) in [5, 5.41) is 9.14. The van der Waals surface area contributed by atoms with Crippen molar-refractivity contribution in [1.29, 1.82) is 0 Å². The zero-order chi connectivity index (χ0) is 17.6. The lowest BCUT2D eigenvalue weighted by atomic mass is 9.98. The van der Waals surface area contributed by atoms with Gasteiger partial charge in [0.2, 0.25) is 0 Å². The van der Waals surface area contributed by atoms with E-state index < -0.39 is 5.54 Å². The predicted molar refractivity (Wildman–Crippen MR) is 102 cm³/mol. The van der Waals surface area contributed by atoms with Gasteiger partial charge < -0.3 is 14.8 Å². The van der Waals surface area contributed by atoms with Gasteiger partial charge in [0.05, 0.1) is 15.6 Å². The fraction of sp³-hybridized carbons (Fsp3) is 0.353. The number of nitrogens with zero attached hydrogens (tertiary/aromatic N) is 3. The Hall–Kier alpha value is -1.60. The van der Waals surface area contributed by atoms with Crippen LogP contribution in [0.3, 0.4) is 0 Å². The van der Waals surface area contributed by atoms with Crippen molar-refractivity contribution in [3.63, 3.8) is 0 Å². The molecule has 9 heteroatoms. The van der Waals surface area contributed by atoms with Gasteiger partial charge in [-0.05, 0) is 31.9 Å². The lowest BCUT2D eigenvalue weighted by molar-refractivity contribution is 0.371. The van der Waals surface area contributed by atoms with Gasteiger partial charge in [-0.1, -0.05) is 52.4 Å². The second-order valence-electron chi connectivity index (χ2n) is 6.35. The second kappa shape index (κ2) is 7.19. The Bertz CT molecular complexity index is 912. The minimum atomic E-state index is -0.533. The van der Waals surface area contributed by atoms with Crippen molar-refractivity contribution in [1.82, 2.24) is 15.3 Å². The molecule has 0 radical (unpaired) electrons. The molecule has 1 saturated carbocycles. The fourth-order valence-electron chi connectivity index (χ4n) is 3.28. The van der Waals surface area contributed by atoms with Crippen molar-refractivity contribution in [2.75, 3.05) is 0 Å². The monoisotopic (exact) mass is 414 g/mol. The first-order chi connectivity index (χ1) is 12.0. The Kier molecular flexibility index (Phi) is 5.30. The van der Waals surface area contributed by atoms with Gasteiger partial charge in [0.1, 0.15) is 17.0 Å². The molecule has 4 rings (SSSR count). The SMILES string of the molecule is Cc1onc(-c2c(Cl)cccc2Cl)c1-c1nc(C2(N)CCCC2)no1.Cl. The quantitative estimate of drug-likeness (QED) is 0.635. The largest absolute Gasteiger partial charge is 0.360 e. The zero-order valence-corrected chi connectivity index (χ0v) is 16.3. The van der Waals surface area contributed by atoms with Crippen molar-refractivity contribution in [3.8, 4) is 22.7 Å². The first-order valence-corrected chi connectivity index (χ1v) is 8.79. The summed E-state index contributed by atoms with van der Waals surface area (Å²) >= 11 is 12.6. The van der Waals surface area contributed by atoms with Crippen LogP contribution in [0.25, 0.3) is 22.7 Å². The van der Waals surface area contributed by atoms with E-state index in [1.165, 1.54) is 0 Å². The molecule has 0 spiro atoms. The summed E-state index contributed by atoms with van der Waals surface area (Å²) < 4.78 is 10.8. The van der Waals surface area contributed by atoms with Gasteiger partial charge in [-0.3, -0.25) is 0 Å². The molecule has 1 aliphatic carbocycles. The number of benzene rings is 1. The maximum Gasteiger partial charge on any atom is 0.263 e. The number of hydrogen-bond acceptors (Lipinski definition) is 6. The van der Waals surface area contributed by atoms with Crippen LogP contribution >= 0.6 is 35.6 Å². The first kappa shape index (κ1) is 19.2. The van der Waals surface area contributed by atoms with Crippen LogP contribution in [0.1, 0.15) is 37.3 Å². The molecular formula is C17H17Cl3N4O2. The summed E-state index contributed by atoms with van der Waals surface area (Å²) in [5.41, 5.74) is 7.51. The summed E-state index contributed by atoms with van der Waals surface area (Å²) in [6.45, 7) is 1.77. The Balaban J connectivity index is 0.00000196. The minimum absolute atomic E-state index is 0. The van der Waals surface area contributed by atoms with Gasteiger partial charge in [-0.15, -0.1) is 12.4 Å². The summed E-state index contributed by atoms with van der Waals surface area (Å²) in [6.07, 6.45) is 3.82. The van der Waals surface area contributed by atoms with Crippen molar-refractivity contribution in [2.45, 2.75) is 38.1 Å². The third-order valence-electron chi connectivity index (χ3n) is 4.64. The molecule has 0 bridgehead atoms. The maximum atomic E-state index is 6.42. The molecule has 26 heavy (non-hydrogen) atoms. The second-order valence-corrected chi connectivity index (χ2v) is 7.16. The van der Waals surface area contributed by atoms with Gasteiger partial charge in [0, 0.05) is 5.56 Å². The van der Waals surface area contributed by atoms with Crippen molar-refractivity contribution >= 4 is 35.6 Å². The molecule has 138 valence electrons. The maximum absolute atomic E-state index is 6.42. The molecule has 1 fully saturated rings. The highest BCUT2D eigenvalue weighted by atomic mass is 35.5. The predicted octanol–water partition coefficient (Wildman–Crippen LogP) is 5.16. The van der Waals surface area contributed by atoms with Gasteiger partial charge in [-0.25, -0.2) is 0 Å². The molecular weight excluding hydrogens is 399 g/mol. The third kappa shape index (κ3) is 3.11. The van der Waals surface area contributed by atoms with Gasteiger partial charge >= 0.3 is 0 Å². The number of aryl methyl sites for hydroxylation is 1. The van der Waals surface area contributed by atoms with Crippen molar-refractivity contribution in [2.24, 2.45) is 5.73 Å². The van der Waals surface area contributed by atoms with E-state index in [9.17, 15) is 0 Å². The molecule has 3 aromatic rings. The van der Waals surface area contributed by atoms with Crippen molar-refractivity contribution < 1.29 is 9.05 Å². The molecule has 0 atom stereocenters.